The highest BCUT2D eigenvalue weighted by molar-refractivity contribution is 6.36. The molecule has 138 valence electrons. The molecule has 0 bridgehead atoms. The van der Waals surface area contributed by atoms with E-state index in [1.165, 1.54) is 5.56 Å². The number of aromatic nitrogens is 3. The van der Waals surface area contributed by atoms with Gasteiger partial charge in [-0.25, -0.2) is 9.97 Å². The summed E-state index contributed by atoms with van der Waals surface area (Å²) in [6.07, 6.45) is 7.18. The van der Waals surface area contributed by atoms with Gasteiger partial charge < -0.3 is 5.32 Å². The van der Waals surface area contributed by atoms with E-state index in [2.05, 4.69) is 38.6 Å². The first-order valence-corrected chi connectivity index (χ1v) is 9.37. The topological polar surface area (TPSA) is 66.3 Å². The number of nitrogens with one attached hydrogen (secondary N) is 1. The SMILES string of the molecule is CN1CC(c2ccc3c(Nc4cccnc4)nc4ccnc(Cl)c4c3c2)C=N1. The highest BCUT2D eigenvalue weighted by Crippen LogP contribution is 2.36. The third kappa shape index (κ3) is 2.92. The minimum Gasteiger partial charge on any atom is -0.338 e. The van der Waals surface area contributed by atoms with E-state index >= 15 is 0 Å². The summed E-state index contributed by atoms with van der Waals surface area (Å²) in [7, 11) is 1.98. The lowest BCUT2D eigenvalue weighted by atomic mass is 9.96. The van der Waals surface area contributed by atoms with Crippen LogP contribution in [0.4, 0.5) is 11.5 Å². The Morgan fingerprint density at radius 2 is 2.07 bits per heavy atom. The number of fused-ring (bicyclic) bond motifs is 3. The van der Waals surface area contributed by atoms with Crippen molar-refractivity contribution < 1.29 is 0 Å². The van der Waals surface area contributed by atoms with Crippen LogP contribution >= 0.6 is 11.6 Å². The molecule has 1 aliphatic rings. The Bertz CT molecular complexity index is 1210. The number of halogens is 1. The molecule has 1 unspecified atom stereocenters. The molecule has 4 aromatic rings. The predicted molar refractivity (Wildman–Crippen MR) is 113 cm³/mol. The molecule has 0 aliphatic carbocycles. The standard InChI is InChI=1S/C21H17ClN6/c1-28-12-14(10-25-28)13-4-5-16-17(9-13)19-18(6-8-24-20(19)22)27-21(16)26-15-3-2-7-23-11-15/h2-11,14H,12H2,1H3,(H,26,27). The van der Waals surface area contributed by atoms with Crippen LogP contribution in [0.3, 0.4) is 0 Å². The maximum absolute atomic E-state index is 6.47. The molecule has 28 heavy (non-hydrogen) atoms. The van der Waals surface area contributed by atoms with Gasteiger partial charge in [0.1, 0.15) is 11.0 Å². The Balaban J connectivity index is 1.73. The number of nitrogens with zero attached hydrogens (tertiary/aromatic N) is 5. The quantitative estimate of drug-likeness (QED) is 0.410. The van der Waals surface area contributed by atoms with Gasteiger partial charge in [0.2, 0.25) is 0 Å². The minimum absolute atomic E-state index is 0.253. The fraction of sp³-hybridized carbons (Fsp3) is 0.143. The van der Waals surface area contributed by atoms with E-state index in [0.717, 1.165) is 39.7 Å². The van der Waals surface area contributed by atoms with Crippen molar-refractivity contribution in [2.75, 3.05) is 18.9 Å². The van der Waals surface area contributed by atoms with Crippen molar-refractivity contribution in [3.63, 3.8) is 0 Å². The summed E-state index contributed by atoms with van der Waals surface area (Å²) in [4.78, 5) is 13.2. The number of hydrazone groups is 1. The summed E-state index contributed by atoms with van der Waals surface area (Å²) in [6.45, 7) is 0.862. The zero-order chi connectivity index (χ0) is 19.1. The Morgan fingerprint density at radius 3 is 2.86 bits per heavy atom. The molecule has 4 heterocycles. The van der Waals surface area contributed by atoms with Crippen molar-refractivity contribution in [2.45, 2.75) is 5.92 Å². The highest BCUT2D eigenvalue weighted by Gasteiger charge is 2.19. The van der Waals surface area contributed by atoms with E-state index in [1.54, 1.807) is 18.6 Å². The van der Waals surface area contributed by atoms with Crippen molar-refractivity contribution in [3.8, 4) is 0 Å². The van der Waals surface area contributed by atoms with Crippen LogP contribution in [0.25, 0.3) is 21.7 Å². The minimum atomic E-state index is 0.253. The van der Waals surface area contributed by atoms with Gasteiger partial charge in [-0.2, -0.15) is 5.10 Å². The van der Waals surface area contributed by atoms with Crippen LogP contribution in [0, 0.1) is 0 Å². The first kappa shape index (κ1) is 16.9. The molecule has 0 saturated heterocycles. The Kier molecular flexibility index (Phi) is 4.06. The predicted octanol–water partition coefficient (Wildman–Crippen LogP) is 4.59. The summed E-state index contributed by atoms with van der Waals surface area (Å²) in [5.74, 6) is 1.02. The number of likely N-dealkylation sites (N-methyl/N-ethyl adjacent to an activating group) is 1. The molecule has 0 amide bonds. The lowest BCUT2D eigenvalue weighted by molar-refractivity contribution is 0.381. The highest BCUT2D eigenvalue weighted by atomic mass is 35.5. The number of anilines is 2. The van der Waals surface area contributed by atoms with Crippen molar-refractivity contribution in [1.29, 1.82) is 0 Å². The number of hydrogen-bond acceptors (Lipinski definition) is 6. The van der Waals surface area contributed by atoms with Gasteiger partial charge in [0, 0.05) is 48.9 Å². The third-order valence-corrected chi connectivity index (χ3v) is 5.23. The Morgan fingerprint density at radius 1 is 1.14 bits per heavy atom. The van der Waals surface area contributed by atoms with Gasteiger partial charge in [-0.05, 0) is 35.2 Å². The molecule has 6 nitrogen and oxygen atoms in total. The molecular formula is C21H17ClN6. The molecule has 1 atom stereocenters. The molecule has 1 aromatic carbocycles. The van der Waals surface area contributed by atoms with E-state index < -0.39 is 0 Å². The number of hydrogen-bond donors (Lipinski definition) is 1. The lowest BCUT2D eigenvalue weighted by Crippen LogP contribution is -2.12. The van der Waals surface area contributed by atoms with Crippen LogP contribution in [0.2, 0.25) is 5.15 Å². The Hall–Kier alpha value is -3.25. The first-order chi connectivity index (χ1) is 13.7. The molecule has 5 rings (SSSR count). The second-order valence-electron chi connectivity index (χ2n) is 6.84. The van der Waals surface area contributed by atoms with E-state index in [1.807, 2.05) is 36.5 Å². The van der Waals surface area contributed by atoms with E-state index in [4.69, 9.17) is 16.6 Å². The molecule has 1 aliphatic heterocycles. The van der Waals surface area contributed by atoms with Crippen LogP contribution in [-0.2, 0) is 0 Å². The molecule has 7 heteroatoms. The molecule has 0 spiro atoms. The molecule has 3 aromatic heterocycles. The van der Waals surface area contributed by atoms with Gasteiger partial charge in [-0.15, -0.1) is 0 Å². The number of rotatable bonds is 3. The largest absolute Gasteiger partial charge is 0.338 e. The van der Waals surface area contributed by atoms with Crippen LogP contribution in [0.1, 0.15) is 11.5 Å². The molecule has 0 saturated carbocycles. The number of benzene rings is 1. The zero-order valence-corrected chi connectivity index (χ0v) is 15.9. The summed E-state index contributed by atoms with van der Waals surface area (Å²) >= 11 is 6.47. The summed E-state index contributed by atoms with van der Waals surface area (Å²) < 4.78 is 0. The smallest absolute Gasteiger partial charge is 0.139 e. The monoisotopic (exact) mass is 388 g/mol. The normalized spacial score (nSPS) is 16.2. The second kappa shape index (κ2) is 6.73. The molecule has 0 radical (unpaired) electrons. The molecular weight excluding hydrogens is 372 g/mol. The van der Waals surface area contributed by atoms with Gasteiger partial charge in [0.25, 0.3) is 0 Å². The van der Waals surface area contributed by atoms with E-state index in [9.17, 15) is 0 Å². The van der Waals surface area contributed by atoms with Crippen LogP contribution in [0.5, 0.6) is 0 Å². The van der Waals surface area contributed by atoms with Gasteiger partial charge in [0.15, 0.2) is 0 Å². The molecule has 0 fully saturated rings. The fourth-order valence-corrected chi connectivity index (χ4v) is 3.84. The Labute approximate surface area is 166 Å². The first-order valence-electron chi connectivity index (χ1n) is 8.99. The van der Waals surface area contributed by atoms with Gasteiger partial charge in [-0.1, -0.05) is 23.7 Å². The fourth-order valence-electron chi connectivity index (χ4n) is 3.59. The van der Waals surface area contributed by atoms with Crippen molar-refractivity contribution in [1.82, 2.24) is 20.0 Å². The summed E-state index contributed by atoms with van der Waals surface area (Å²) in [6, 6.07) is 12.1. The molecule has 1 N–H and O–H groups in total. The van der Waals surface area contributed by atoms with Crippen LogP contribution < -0.4 is 5.32 Å². The van der Waals surface area contributed by atoms with Crippen LogP contribution in [-0.4, -0.2) is 39.8 Å². The maximum atomic E-state index is 6.47. The zero-order valence-electron chi connectivity index (χ0n) is 15.2. The van der Waals surface area contributed by atoms with Crippen molar-refractivity contribution in [2.24, 2.45) is 5.10 Å². The maximum Gasteiger partial charge on any atom is 0.139 e. The average Bonchev–Trinajstić information content (AvgIpc) is 3.15. The van der Waals surface area contributed by atoms with Crippen molar-refractivity contribution in [3.05, 3.63) is 65.7 Å². The van der Waals surface area contributed by atoms with Gasteiger partial charge >= 0.3 is 0 Å². The average molecular weight is 389 g/mol. The second-order valence-corrected chi connectivity index (χ2v) is 7.20. The summed E-state index contributed by atoms with van der Waals surface area (Å²) in [5, 5.41) is 13.0. The van der Waals surface area contributed by atoms with Gasteiger partial charge in [-0.3, -0.25) is 9.99 Å². The lowest BCUT2D eigenvalue weighted by Gasteiger charge is -2.15. The van der Waals surface area contributed by atoms with E-state index in [-0.39, 0.29) is 5.92 Å². The van der Waals surface area contributed by atoms with E-state index in [0.29, 0.717) is 5.15 Å². The summed E-state index contributed by atoms with van der Waals surface area (Å²) in [5.41, 5.74) is 2.87. The van der Waals surface area contributed by atoms with Gasteiger partial charge in [0.05, 0.1) is 17.4 Å². The third-order valence-electron chi connectivity index (χ3n) is 4.94. The number of pyridine rings is 3. The van der Waals surface area contributed by atoms with Crippen molar-refractivity contribution >= 4 is 51.0 Å². The van der Waals surface area contributed by atoms with Crippen LogP contribution in [0.15, 0.2) is 60.1 Å².